The van der Waals surface area contributed by atoms with Gasteiger partial charge < -0.3 is 10.6 Å². The van der Waals surface area contributed by atoms with Crippen LogP contribution in [0.4, 0.5) is 0 Å². The van der Waals surface area contributed by atoms with Crippen LogP contribution in [0.25, 0.3) is 22.2 Å². The number of pyridine rings is 1. The zero-order chi connectivity index (χ0) is 20.9. The Morgan fingerprint density at radius 2 is 1.93 bits per heavy atom. The molecule has 2 aromatic heterocycles. The topological polar surface area (TPSA) is 54.0 Å². The number of benzene rings is 2. The van der Waals surface area contributed by atoms with Crippen LogP contribution in [0.3, 0.4) is 0 Å². The van der Waals surface area contributed by atoms with Gasteiger partial charge in [-0.15, -0.1) is 0 Å². The van der Waals surface area contributed by atoms with E-state index in [2.05, 4.69) is 73.7 Å². The SMILES string of the molecule is CNC(=O)c1ccc2cc(CNCCc3ccc(Br)cc3)c(-c3ccsc3)nc2c1. The van der Waals surface area contributed by atoms with Crippen molar-refractivity contribution in [2.75, 3.05) is 13.6 Å². The Hall–Kier alpha value is -2.54. The molecule has 2 aromatic carbocycles. The third kappa shape index (κ3) is 4.78. The number of carbonyl (C=O) groups is 1. The number of hydrogen-bond donors (Lipinski definition) is 2. The largest absolute Gasteiger partial charge is 0.355 e. The molecule has 0 aliphatic heterocycles. The molecule has 6 heteroatoms. The molecule has 152 valence electrons. The molecule has 0 atom stereocenters. The zero-order valence-corrected chi connectivity index (χ0v) is 19.0. The van der Waals surface area contributed by atoms with E-state index in [0.29, 0.717) is 5.56 Å². The van der Waals surface area contributed by atoms with Crippen LogP contribution >= 0.6 is 27.3 Å². The minimum absolute atomic E-state index is 0.102. The summed E-state index contributed by atoms with van der Waals surface area (Å²) in [5.74, 6) is -0.102. The van der Waals surface area contributed by atoms with Crippen molar-refractivity contribution in [3.8, 4) is 11.3 Å². The van der Waals surface area contributed by atoms with Crippen molar-refractivity contribution in [2.45, 2.75) is 13.0 Å². The molecule has 0 saturated heterocycles. The van der Waals surface area contributed by atoms with Crippen LogP contribution in [-0.4, -0.2) is 24.5 Å². The number of thiophene rings is 1. The first-order valence-electron chi connectivity index (χ1n) is 9.77. The fraction of sp³-hybridized carbons (Fsp3) is 0.167. The monoisotopic (exact) mass is 479 g/mol. The lowest BCUT2D eigenvalue weighted by Gasteiger charge is -2.12. The van der Waals surface area contributed by atoms with Crippen molar-refractivity contribution < 1.29 is 4.79 Å². The maximum absolute atomic E-state index is 12.0. The molecule has 2 heterocycles. The molecule has 0 saturated carbocycles. The second-order valence-electron chi connectivity index (χ2n) is 7.05. The summed E-state index contributed by atoms with van der Waals surface area (Å²) >= 11 is 5.14. The molecule has 4 nitrogen and oxygen atoms in total. The van der Waals surface area contributed by atoms with Crippen LogP contribution in [0.2, 0.25) is 0 Å². The smallest absolute Gasteiger partial charge is 0.251 e. The highest BCUT2D eigenvalue weighted by Crippen LogP contribution is 2.28. The van der Waals surface area contributed by atoms with Crippen LogP contribution in [0.5, 0.6) is 0 Å². The van der Waals surface area contributed by atoms with E-state index in [0.717, 1.165) is 51.7 Å². The van der Waals surface area contributed by atoms with Gasteiger partial charge in [0.25, 0.3) is 5.91 Å². The van der Waals surface area contributed by atoms with Gasteiger partial charge in [-0.2, -0.15) is 11.3 Å². The minimum atomic E-state index is -0.102. The fourth-order valence-electron chi connectivity index (χ4n) is 3.39. The fourth-order valence-corrected chi connectivity index (χ4v) is 4.29. The molecule has 1 amide bonds. The molecule has 0 aliphatic rings. The molecule has 0 radical (unpaired) electrons. The van der Waals surface area contributed by atoms with Crippen molar-refractivity contribution in [2.24, 2.45) is 0 Å². The molecular formula is C24H22BrN3OS. The van der Waals surface area contributed by atoms with E-state index in [1.807, 2.05) is 18.2 Å². The number of hydrogen-bond acceptors (Lipinski definition) is 4. The number of aromatic nitrogens is 1. The molecule has 0 fully saturated rings. The van der Waals surface area contributed by atoms with Gasteiger partial charge in [0, 0.05) is 40.0 Å². The summed E-state index contributed by atoms with van der Waals surface area (Å²) in [6.07, 6.45) is 0.970. The standard InChI is InChI=1S/C24H22BrN3OS/c1-26-24(29)18-5-4-17-12-20(14-27-10-8-16-2-6-21(25)7-3-16)23(28-22(17)13-18)19-9-11-30-15-19/h2-7,9,11-13,15,27H,8,10,14H2,1H3,(H,26,29). The lowest BCUT2D eigenvalue weighted by atomic mass is 10.0. The van der Waals surface area contributed by atoms with Gasteiger partial charge in [-0.1, -0.05) is 34.1 Å². The van der Waals surface area contributed by atoms with Crippen LogP contribution in [0.1, 0.15) is 21.5 Å². The average molecular weight is 480 g/mol. The van der Waals surface area contributed by atoms with E-state index in [1.54, 1.807) is 18.4 Å². The van der Waals surface area contributed by atoms with Gasteiger partial charge in [-0.3, -0.25) is 4.79 Å². The summed E-state index contributed by atoms with van der Waals surface area (Å²) in [7, 11) is 1.64. The van der Waals surface area contributed by atoms with Crippen LogP contribution in [-0.2, 0) is 13.0 Å². The van der Waals surface area contributed by atoms with E-state index in [9.17, 15) is 4.79 Å². The molecule has 0 unspecified atom stereocenters. The summed E-state index contributed by atoms with van der Waals surface area (Å²) in [4.78, 5) is 16.9. The van der Waals surface area contributed by atoms with Crippen molar-refractivity contribution in [3.63, 3.8) is 0 Å². The van der Waals surface area contributed by atoms with Crippen molar-refractivity contribution in [1.29, 1.82) is 0 Å². The van der Waals surface area contributed by atoms with Crippen LogP contribution < -0.4 is 10.6 Å². The van der Waals surface area contributed by atoms with Gasteiger partial charge in [0.2, 0.25) is 0 Å². The predicted octanol–water partition coefficient (Wildman–Crippen LogP) is 5.42. The summed E-state index contributed by atoms with van der Waals surface area (Å²) in [5.41, 5.74) is 5.99. The third-order valence-corrected chi connectivity index (χ3v) is 6.21. The van der Waals surface area contributed by atoms with E-state index in [-0.39, 0.29) is 5.91 Å². The maximum Gasteiger partial charge on any atom is 0.251 e. The van der Waals surface area contributed by atoms with E-state index in [4.69, 9.17) is 4.98 Å². The van der Waals surface area contributed by atoms with Crippen molar-refractivity contribution in [3.05, 3.63) is 86.5 Å². The lowest BCUT2D eigenvalue weighted by Crippen LogP contribution is -2.18. The summed E-state index contributed by atoms with van der Waals surface area (Å²) in [6.45, 7) is 1.63. The Bertz CT molecular complexity index is 1160. The summed E-state index contributed by atoms with van der Waals surface area (Å²) in [6, 6.07) is 18.4. The second-order valence-corrected chi connectivity index (χ2v) is 8.74. The van der Waals surface area contributed by atoms with Crippen LogP contribution in [0, 0.1) is 0 Å². The Labute approximate surface area is 188 Å². The molecule has 0 bridgehead atoms. The highest BCUT2D eigenvalue weighted by molar-refractivity contribution is 9.10. The third-order valence-electron chi connectivity index (χ3n) is 5.00. The van der Waals surface area contributed by atoms with Crippen LogP contribution in [0.15, 0.2) is 69.8 Å². The predicted molar refractivity (Wildman–Crippen MR) is 128 cm³/mol. The number of nitrogens with zero attached hydrogens (tertiary/aromatic N) is 1. The average Bonchev–Trinajstić information content (AvgIpc) is 3.31. The van der Waals surface area contributed by atoms with E-state index >= 15 is 0 Å². The van der Waals surface area contributed by atoms with Crippen molar-refractivity contribution in [1.82, 2.24) is 15.6 Å². The van der Waals surface area contributed by atoms with Gasteiger partial charge in [0.05, 0.1) is 11.2 Å². The first-order chi connectivity index (χ1) is 14.6. The van der Waals surface area contributed by atoms with E-state index in [1.165, 1.54) is 5.56 Å². The van der Waals surface area contributed by atoms with Gasteiger partial charge >= 0.3 is 0 Å². The molecule has 30 heavy (non-hydrogen) atoms. The highest BCUT2D eigenvalue weighted by Gasteiger charge is 2.12. The first-order valence-corrected chi connectivity index (χ1v) is 11.5. The number of rotatable bonds is 7. The molecule has 4 aromatic rings. The van der Waals surface area contributed by atoms with Gasteiger partial charge in [0.15, 0.2) is 0 Å². The molecule has 0 aliphatic carbocycles. The quantitative estimate of drug-likeness (QED) is 0.348. The first kappa shape index (κ1) is 20.7. The molecule has 0 spiro atoms. The lowest BCUT2D eigenvalue weighted by molar-refractivity contribution is 0.0963. The maximum atomic E-state index is 12.0. The Morgan fingerprint density at radius 3 is 2.67 bits per heavy atom. The molecule has 2 N–H and O–H groups in total. The molecule has 4 rings (SSSR count). The number of carbonyl (C=O) groups excluding carboxylic acids is 1. The normalized spacial score (nSPS) is 11.0. The van der Waals surface area contributed by atoms with Gasteiger partial charge in [-0.25, -0.2) is 4.98 Å². The number of halogens is 1. The zero-order valence-electron chi connectivity index (χ0n) is 16.6. The summed E-state index contributed by atoms with van der Waals surface area (Å²) < 4.78 is 1.10. The minimum Gasteiger partial charge on any atom is -0.355 e. The number of fused-ring (bicyclic) bond motifs is 1. The van der Waals surface area contributed by atoms with Gasteiger partial charge in [0.1, 0.15) is 0 Å². The number of amides is 1. The highest BCUT2D eigenvalue weighted by atomic mass is 79.9. The van der Waals surface area contributed by atoms with E-state index < -0.39 is 0 Å². The van der Waals surface area contributed by atoms with Crippen molar-refractivity contribution >= 4 is 44.1 Å². The molecular weight excluding hydrogens is 458 g/mol. The summed E-state index contributed by atoms with van der Waals surface area (Å²) in [5, 5.41) is 11.4. The Balaban J connectivity index is 1.56. The Morgan fingerprint density at radius 1 is 1.10 bits per heavy atom. The van der Waals surface area contributed by atoms with Gasteiger partial charge in [-0.05, 0) is 65.9 Å². The number of nitrogens with one attached hydrogen (secondary N) is 2. The second kappa shape index (κ2) is 9.51. The Kier molecular flexibility index (Phi) is 6.57.